The van der Waals surface area contributed by atoms with Gasteiger partial charge in [-0.25, -0.2) is 4.79 Å². The van der Waals surface area contributed by atoms with Gasteiger partial charge in [-0.2, -0.15) is 0 Å². The van der Waals surface area contributed by atoms with Crippen LogP contribution in [-0.4, -0.2) is 36.0 Å². The number of nitro groups is 1. The Morgan fingerprint density at radius 3 is 2.63 bits per heavy atom. The minimum Gasteiger partial charge on any atom is -0.449 e. The highest BCUT2D eigenvalue weighted by Crippen LogP contribution is 2.29. The van der Waals surface area contributed by atoms with Crippen molar-refractivity contribution >= 4 is 23.3 Å². The van der Waals surface area contributed by atoms with Crippen molar-refractivity contribution in [2.24, 2.45) is 11.8 Å². The highest BCUT2D eigenvalue weighted by Gasteiger charge is 2.30. The van der Waals surface area contributed by atoms with E-state index in [1.54, 1.807) is 7.05 Å². The van der Waals surface area contributed by atoms with Gasteiger partial charge in [0.05, 0.1) is 10.5 Å². The molecule has 2 N–H and O–H groups in total. The van der Waals surface area contributed by atoms with E-state index in [1.165, 1.54) is 19.1 Å². The van der Waals surface area contributed by atoms with Crippen LogP contribution < -0.4 is 10.6 Å². The molecule has 1 aliphatic carbocycles. The fraction of sp³-hybridized carbons (Fsp3) is 0.579. The molecule has 0 aliphatic heterocycles. The number of ether oxygens (including phenoxy) is 1. The normalized spacial score (nSPS) is 23.2. The van der Waals surface area contributed by atoms with Crippen molar-refractivity contribution < 1.29 is 19.2 Å². The Bertz CT molecular complexity index is 721. The van der Waals surface area contributed by atoms with Crippen LogP contribution in [0, 0.1) is 22.0 Å². The molecule has 1 aliphatic rings. The van der Waals surface area contributed by atoms with Crippen LogP contribution in [0.2, 0.25) is 0 Å². The molecule has 0 radical (unpaired) electrons. The smallest absolute Gasteiger partial charge is 0.339 e. The molecule has 0 bridgehead atoms. The van der Waals surface area contributed by atoms with Crippen LogP contribution in [-0.2, 0) is 9.53 Å². The summed E-state index contributed by atoms with van der Waals surface area (Å²) in [5.41, 5.74) is 0.0943. The third kappa shape index (κ3) is 4.96. The minimum atomic E-state index is -0.982. The average Bonchev–Trinajstić information content (AvgIpc) is 2.64. The van der Waals surface area contributed by atoms with Gasteiger partial charge in [0, 0.05) is 19.2 Å². The van der Waals surface area contributed by atoms with E-state index in [-0.39, 0.29) is 23.2 Å². The van der Waals surface area contributed by atoms with Crippen molar-refractivity contribution in [3.63, 3.8) is 0 Å². The van der Waals surface area contributed by atoms with Gasteiger partial charge in [0.1, 0.15) is 5.69 Å². The molecule has 27 heavy (non-hydrogen) atoms. The van der Waals surface area contributed by atoms with Gasteiger partial charge in [-0.3, -0.25) is 14.9 Å². The molecule has 1 saturated carbocycles. The molecule has 0 spiro atoms. The molecular formula is C19H27N3O5. The number of benzene rings is 1. The highest BCUT2D eigenvalue weighted by molar-refractivity contribution is 5.93. The lowest BCUT2D eigenvalue weighted by atomic mass is 9.78. The standard InChI is InChI=1S/C19H27N3O5/c1-11-6-5-7-15(12(11)2)21-18(23)13(3)27-19(24)14-8-9-16(20-4)17(10-14)22(25)26/h8-13,15,20H,5-7H2,1-4H3,(H,21,23)/t11-,12+,13-,15-/m1/s1. The van der Waals surface area contributed by atoms with Gasteiger partial charge < -0.3 is 15.4 Å². The number of hydrogen-bond donors (Lipinski definition) is 2. The second-order valence-corrected chi connectivity index (χ2v) is 7.17. The maximum absolute atomic E-state index is 12.4. The Kier molecular flexibility index (Phi) is 6.76. The van der Waals surface area contributed by atoms with Crippen molar-refractivity contribution in [2.45, 2.75) is 52.2 Å². The Hall–Kier alpha value is -2.64. The summed E-state index contributed by atoms with van der Waals surface area (Å²) in [6.45, 7) is 5.79. The number of hydrogen-bond acceptors (Lipinski definition) is 6. The number of rotatable bonds is 6. The number of nitrogens with zero attached hydrogens (tertiary/aromatic N) is 1. The number of nitro benzene ring substituents is 1. The topological polar surface area (TPSA) is 111 Å². The first-order chi connectivity index (χ1) is 12.7. The fourth-order valence-corrected chi connectivity index (χ4v) is 3.39. The minimum absolute atomic E-state index is 0.0278. The highest BCUT2D eigenvalue weighted by atomic mass is 16.6. The Labute approximate surface area is 158 Å². The predicted octanol–water partition coefficient (Wildman–Crippen LogP) is 3.12. The molecule has 1 amide bonds. The van der Waals surface area contributed by atoms with E-state index in [2.05, 4.69) is 24.5 Å². The van der Waals surface area contributed by atoms with Gasteiger partial charge in [0.15, 0.2) is 6.10 Å². The molecule has 2 rings (SSSR count). The number of carbonyl (C=O) groups is 2. The lowest BCUT2D eigenvalue weighted by Gasteiger charge is -2.35. The average molecular weight is 377 g/mol. The third-order valence-electron chi connectivity index (χ3n) is 5.39. The SMILES string of the molecule is CNc1ccc(C(=O)O[C@H](C)C(=O)N[C@@H]2CCC[C@@H](C)[C@@H]2C)cc1[N+](=O)[O-]. The van der Waals surface area contributed by atoms with Gasteiger partial charge in [-0.15, -0.1) is 0 Å². The summed E-state index contributed by atoms with van der Waals surface area (Å²) in [4.78, 5) is 35.2. The molecule has 4 atom stereocenters. The molecule has 1 aromatic rings. The summed E-state index contributed by atoms with van der Waals surface area (Å²) >= 11 is 0. The van der Waals surface area contributed by atoms with Gasteiger partial charge in [-0.05, 0) is 37.3 Å². The van der Waals surface area contributed by atoms with E-state index in [9.17, 15) is 19.7 Å². The molecule has 0 unspecified atom stereocenters. The number of amides is 1. The first-order valence-electron chi connectivity index (χ1n) is 9.22. The lowest BCUT2D eigenvalue weighted by molar-refractivity contribution is -0.384. The van der Waals surface area contributed by atoms with Gasteiger partial charge in [-0.1, -0.05) is 26.7 Å². The van der Waals surface area contributed by atoms with E-state index >= 15 is 0 Å². The second kappa shape index (κ2) is 8.83. The van der Waals surface area contributed by atoms with Crippen LogP contribution in [0.1, 0.15) is 50.4 Å². The van der Waals surface area contributed by atoms with Crippen molar-refractivity contribution in [1.29, 1.82) is 0 Å². The maximum Gasteiger partial charge on any atom is 0.339 e. The van der Waals surface area contributed by atoms with Gasteiger partial charge in [0.2, 0.25) is 0 Å². The Balaban J connectivity index is 2.01. The summed E-state index contributed by atoms with van der Waals surface area (Å²) in [6.07, 6.45) is 2.14. The largest absolute Gasteiger partial charge is 0.449 e. The van der Waals surface area contributed by atoms with Crippen LogP contribution in [0.4, 0.5) is 11.4 Å². The summed E-state index contributed by atoms with van der Waals surface area (Å²) in [5.74, 6) is -0.223. The van der Waals surface area contributed by atoms with Crippen LogP contribution in [0.25, 0.3) is 0 Å². The van der Waals surface area contributed by atoms with E-state index < -0.39 is 17.0 Å². The van der Waals surface area contributed by atoms with Gasteiger partial charge >= 0.3 is 5.97 Å². The molecule has 8 heteroatoms. The number of nitrogens with one attached hydrogen (secondary N) is 2. The molecule has 0 aromatic heterocycles. The molecule has 8 nitrogen and oxygen atoms in total. The van der Waals surface area contributed by atoms with E-state index in [0.29, 0.717) is 17.5 Å². The first kappa shape index (κ1) is 20.7. The van der Waals surface area contributed by atoms with Crippen LogP contribution >= 0.6 is 0 Å². The quantitative estimate of drug-likeness (QED) is 0.448. The molecule has 148 valence electrons. The summed E-state index contributed by atoms with van der Waals surface area (Å²) < 4.78 is 5.22. The lowest BCUT2D eigenvalue weighted by Crippen LogP contribution is -2.47. The van der Waals surface area contributed by atoms with E-state index in [0.717, 1.165) is 25.3 Å². The zero-order valence-corrected chi connectivity index (χ0v) is 16.2. The molecular weight excluding hydrogens is 350 g/mol. The van der Waals surface area contributed by atoms with Crippen LogP contribution in [0.15, 0.2) is 18.2 Å². The van der Waals surface area contributed by atoms with E-state index in [1.807, 2.05) is 0 Å². The zero-order chi connectivity index (χ0) is 20.1. The Morgan fingerprint density at radius 1 is 1.30 bits per heavy atom. The second-order valence-electron chi connectivity index (χ2n) is 7.17. The summed E-state index contributed by atoms with van der Waals surface area (Å²) in [7, 11) is 1.56. The van der Waals surface area contributed by atoms with Crippen LogP contribution in [0.5, 0.6) is 0 Å². The third-order valence-corrected chi connectivity index (χ3v) is 5.39. The van der Waals surface area contributed by atoms with Gasteiger partial charge in [0.25, 0.3) is 11.6 Å². The monoisotopic (exact) mass is 377 g/mol. The Morgan fingerprint density at radius 2 is 2.00 bits per heavy atom. The maximum atomic E-state index is 12.4. The van der Waals surface area contributed by atoms with Crippen molar-refractivity contribution in [3.05, 3.63) is 33.9 Å². The predicted molar refractivity (Wildman–Crippen MR) is 102 cm³/mol. The van der Waals surface area contributed by atoms with Crippen molar-refractivity contribution in [2.75, 3.05) is 12.4 Å². The zero-order valence-electron chi connectivity index (χ0n) is 16.2. The molecule has 1 aromatic carbocycles. The molecule has 0 saturated heterocycles. The van der Waals surface area contributed by atoms with Crippen molar-refractivity contribution in [3.8, 4) is 0 Å². The van der Waals surface area contributed by atoms with E-state index in [4.69, 9.17) is 4.74 Å². The fourth-order valence-electron chi connectivity index (χ4n) is 3.39. The first-order valence-corrected chi connectivity index (χ1v) is 9.22. The number of esters is 1. The number of carbonyl (C=O) groups excluding carboxylic acids is 2. The molecule has 1 fully saturated rings. The van der Waals surface area contributed by atoms with Crippen LogP contribution in [0.3, 0.4) is 0 Å². The van der Waals surface area contributed by atoms with Crippen molar-refractivity contribution in [1.82, 2.24) is 5.32 Å². The number of anilines is 1. The summed E-state index contributed by atoms with van der Waals surface area (Å²) in [6, 6.07) is 4.07. The summed E-state index contributed by atoms with van der Waals surface area (Å²) in [5, 5.41) is 16.8. The molecule has 0 heterocycles.